The van der Waals surface area contributed by atoms with Crippen LogP contribution < -0.4 is 10.2 Å². The summed E-state index contributed by atoms with van der Waals surface area (Å²) in [5, 5.41) is 8.64. The van der Waals surface area contributed by atoms with E-state index in [1.165, 1.54) is 51.5 Å². The quantitative estimate of drug-likeness (QED) is 0.797. The number of hydrogen-bond acceptors (Lipinski definition) is 5. The highest BCUT2D eigenvalue weighted by molar-refractivity contribution is 6.04. The average Bonchev–Trinajstić information content (AvgIpc) is 3.50. The predicted molar refractivity (Wildman–Crippen MR) is 123 cm³/mol. The Hall–Kier alpha value is -2.15. The highest BCUT2D eigenvalue weighted by atomic mass is 16.2. The minimum Gasteiger partial charge on any atom is -0.357 e. The summed E-state index contributed by atoms with van der Waals surface area (Å²) in [6, 6.07) is 4.35. The molecule has 0 spiro atoms. The van der Waals surface area contributed by atoms with E-state index in [1.807, 2.05) is 13.1 Å². The van der Waals surface area contributed by atoms with Crippen LogP contribution in [0, 0.1) is 5.92 Å². The van der Waals surface area contributed by atoms with Crippen LogP contribution in [0.25, 0.3) is 11.0 Å². The second kappa shape index (κ2) is 9.15. The van der Waals surface area contributed by atoms with Gasteiger partial charge in [0.05, 0.1) is 5.39 Å². The maximum Gasteiger partial charge on any atom is 0.272 e. The highest BCUT2D eigenvalue weighted by Gasteiger charge is 2.28. The molecule has 31 heavy (non-hydrogen) atoms. The summed E-state index contributed by atoms with van der Waals surface area (Å²) in [7, 11) is 1.89. The average molecular weight is 425 g/mol. The molecule has 4 heterocycles. The maximum atomic E-state index is 13.0. The molecule has 0 radical (unpaired) electrons. The fourth-order valence-corrected chi connectivity index (χ4v) is 5.12. The Morgan fingerprint density at radius 1 is 1.00 bits per heavy atom. The topological polar surface area (TPSA) is 66.3 Å². The van der Waals surface area contributed by atoms with Crippen molar-refractivity contribution in [2.75, 3.05) is 37.6 Å². The van der Waals surface area contributed by atoms with Crippen molar-refractivity contribution in [3.8, 4) is 0 Å². The summed E-state index contributed by atoms with van der Waals surface area (Å²) in [6.07, 6.45) is 11.2. The molecular formula is C24H36N6O. The number of piperidine rings is 1. The summed E-state index contributed by atoms with van der Waals surface area (Å²) in [4.78, 5) is 22.9. The Labute approximate surface area is 185 Å². The Kier molecular flexibility index (Phi) is 6.12. The van der Waals surface area contributed by atoms with Crippen molar-refractivity contribution in [3.63, 3.8) is 0 Å². The molecule has 2 aliphatic heterocycles. The van der Waals surface area contributed by atoms with Crippen LogP contribution >= 0.6 is 0 Å². The Morgan fingerprint density at radius 2 is 1.71 bits per heavy atom. The molecule has 1 aliphatic carbocycles. The molecule has 5 rings (SSSR count). The van der Waals surface area contributed by atoms with Gasteiger partial charge >= 0.3 is 0 Å². The van der Waals surface area contributed by atoms with Gasteiger partial charge in [-0.25, -0.2) is 9.67 Å². The summed E-state index contributed by atoms with van der Waals surface area (Å²) < 4.78 is 1.76. The molecule has 0 atom stereocenters. The number of rotatable bonds is 5. The van der Waals surface area contributed by atoms with Gasteiger partial charge in [-0.3, -0.25) is 4.79 Å². The van der Waals surface area contributed by atoms with Gasteiger partial charge in [-0.2, -0.15) is 5.10 Å². The molecule has 1 amide bonds. The van der Waals surface area contributed by atoms with Gasteiger partial charge in [-0.1, -0.05) is 19.3 Å². The van der Waals surface area contributed by atoms with Gasteiger partial charge in [-0.15, -0.1) is 0 Å². The predicted octanol–water partition coefficient (Wildman–Crippen LogP) is 3.34. The number of carbonyl (C=O) groups excluding carboxylic acids is 1. The number of anilines is 1. The van der Waals surface area contributed by atoms with Gasteiger partial charge in [0.2, 0.25) is 0 Å². The third kappa shape index (κ3) is 4.86. The summed E-state index contributed by atoms with van der Waals surface area (Å²) in [5.74, 6) is 1.88. The molecule has 1 N–H and O–H groups in total. The number of pyridine rings is 1. The first kappa shape index (κ1) is 20.7. The van der Waals surface area contributed by atoms with Crippen molar-refractivity contribution in [3.05, 3.63) is 17.8 Å². The SMILES string of the molecule is Cn1nc(C(=O)NC2CCN(CC3CC3)CC2)c2ccc(N3CCCCCCC3)nc21. The highest BCUT2D eigenvalue weighted by Crippen LogP contribution is 2.30. The zero-order valence-electron chi connectivity index (χ0n) is 18.9. The molecule has 0 bridgehead atoms. The van der Waals surface area contributed by atoms with Gasteiger partial charge in [0.25, 0.3) is 5.91 Å². The number of carbonyl (C=O) groups is 1. The van der Waals surface area contributed by atoms with Crippen LogP contribution in [0.15, 0.2) is 12.1 Å². The van der Waals surface area contributed by atoms with E-state index >= 15 is 0 Å². The molecule has 168 valence electrons. The zero-order chi connectivity index (χ0) is 21.2. The van der Waals surface area contributed by atoms with Crippen LogP contribution in [0.2, 0.25) is 0 Å². The molecule has 3 aliphatic rings. The van der Waals surface area contributed by atoms with Crippen LogP contribution in [0.3, 0.4) is 0 Å². The third-order valence-corrected chi connectivity index (χ3v) is 7.20. The molecule has 7 heteroatoms. The van der Waals surface area contributed by atoms with Crippen molar-refractivity contribution in [1.82, 2.24) is 25.0 Å². The van der Waals surface area contributed by atoms with Crippen LogP contribution in [-0.4, -0.2) is 64.3 Å². The summed E-state index contributed by atoms with van der Waals surface area (Å²) >= 11 is 0. The van der Waals surface area contributed by atoms with Crippen molar-refractivity contribution >= 4 is 22.8 Å². The van der Waals surface area contributed by atoms with Gasteiger partial charge < -0.3 is 15.1 Å². The molecular weight excluding hydrogens is 388 g/mol. The standard InChI is InChI=1S/C24H36N6O/c1-28-23-20(9-10-21(26-23)30-13-5-3-2-4-6-14-30)22(27-28)24(31)25-19-11-15-29(16-12-19)17-18-7-8-18/h9-10,18-19H,2-8,11-17H2,1H3,(H,25,31). The summed E-state index contributed by atoms with van der Waals surface area (Å²) in [6.45, 7) is 5.54. The molecule has 7 nitrogen and oxygen atoms in total. The lowest BCUT2D eigenvalue weighted by molar-refractivity contribution is 0.0905. The first-order chi connectivity index (χ1) is 15.2. The van der Waals surface area contributed by atoms with Crippen LogP contribution in [0.4, 0.5) is 5.82 Å². The van der Waals surface area contributed by atoms with Crippen LogP contribution in [0.5, 0.6) is 0 Å². The number of aromatic nitrogens is 3. The van der Waals surface area contributed by atoms with Gasteiger partial charge in [0, 0.05) is 45.8 Å². The minimum atomic E-state index is -0.0629. The Bertz CT molecular complexity index is 904. The number of nitrogens with zero attached hydrogens (tertiary/aromatic N) is 5. The van der Waals surface area contributed by atoms with E-state index in [-0.39, 0.29) is 11.9 Å². The number of aryl methyl sites for hydroxylation is 1. The number of amides is 1. The Morgan fingerprint density at radius 3 is 2.42 bits per heavy atom. The van der Waals surface area contributed by atoms with E-state index in [0.717, 1.165) is 61.8 Å². The van der Waals surface area contributed by atoms with E-state index in [0.29, 0.717) is 5.69 Å². The molecule has 2 aromatic rings. The smallest absolute Gasteiger partial charge is 0.272 e. The molecule has 0 aromatic carbocycles. The van der Waals surface area contributed by atoms with Crippen molar-refractivity contribution in [1.29, 1.82) is 0 Å². The molecule has 1 saturated carbocycles. The Balaban J connectivity index is 1.25. The molecule has 2 aromatic heterocycles. The van der Waals surface area contributed by atoms with E-state index < -0.39 is 0 Å². The minimum absolute atomic E-state index is 0.0629. The monoisotopic (exact) mass is 424 g/mol. The number of likely N-dealkylation sites (tertiary alicyclic amines) is 1. The van der Waals surface area contributed by atoms with E-state index in [1.54, 1.807) is 4.68 Å². The number of fused-ring (bicyclic) bond motifs is 1. The van der Waals surface area contributed by atoms with Crippen molar-refractivity contribution < 1.29 is 4.79 Å². The maximum absolute atomic E-state index is 13.0. The van der Waals surface area contributed by atoms with Crippen LogP contribution in [-0.2, 0) is 7.05 Å². The lowest BCUT2D eigenvalue weighted by Crippen LogP contribution is -2.45. The van der Waals surface area contributed by atoms with Crippen molar-refractivity contribution in [2.24, 2.45) is 13.0 Å². The number of hydrogen-bond donors (Lipinski definition) is 1. The fraction of sp³-hybridized carbons (Fsp3) is 0.708. The van der Waals surface area contributed by atoms with Crippen LogP contribution in [0.1, 0.15) is 68.3 Å². The lowest BCUT2D eigenvalue weighted by Gasteiger charge is -2.32. The largest absolute Gasteiger partial charge is 0.357 e. The number of nitrogens with one attached hydrogen (secondary N) is 1. The third-order valence-electron chi connectivity index (χ3n) is 7.20. The fourth-order valence-electron chi connectivity index (χ4n) is 5.12. The van der Waals surface area contributed by atoms with E-state index in [4.69, 9.17) is 4.98 Å². The van der Waals surface area contributed by atoms with Gasteiger partial charge in [-0.05, 0) is 56.6 Å². The summed E-state index contributed by atoms with van der Waals surface area (Å²) in [5.41, 5.74) is 1.30. The molecule has 0 unspecified atom stereocenters. The second-order valence-corrected chi connectivity index (χ2v) is 9.76. The van der Waals surface area contributed by atoms with E-state index in [9.17, 15) is 4.79 Å². The lowest BCUT2D eigenvalue weighted by atomic mass is 10.0. The molecule has 2 saturated heterocycles. The zero-order valence-corrected chi connectivity index (χ0v) is 18.9. The second-order valence-electron chi connectivity index (χ2n) is 9.76. The van der Waals surface area contributed by atoms with Crippen molar-refractivity contribution in [2.45, 2.75) is 63.8 Å². The molecule has 3 fully saturated rings. The van der Waals surface area contributed by atoms with Gasteiger partial charge in [0.1, 0.15) is 5.82 Å². The first-order valence-corrected chi connectivity index (χ1v) is 12.3. The van der Waals surface area contributed by atoms with E-state index in [2.05, 4.69) is 26.3 Å². The normalized spacial score (nSPS) is 21.8. The first-order valence-electron chi connectivity index (χ1n) is 12.3. The van der Waals surface area contributed by atoms with Gasteiger partial charge in [0.15, 0.2) is 11.3 Å².